The highest BCUT2D eigenvalue weighted by atomic mass is 16.5. The van der Waals surface area contributed by atoms with Gasteiger partial charge in [-0.2, -0.15) is 0 Å². The molecule has 0 amide bonds. The monoisotopic (exact) mass is 289 g/mol. The smallest absolute Gasteiger partial charge is 0.0728 e. The van der Waals surface area contributed by atoms with Gasteiger partial charge in [-0.15, -0.1) is 0 Å². The van der Waals surface area contributed by atoms with E-state index in [0.29, 0.717) is 12.1 Å². The van der Waals surface area contributed by atoms with Crippen LogP contribution in [0.1, 0.15) is 57.4 Å². The Morgan fingerprint density at radius 2 is 1.81 bits per heavy atom. The number of hydrogen-bond acceptors (Lipinski definition) is 2. The average Bonchev–Trinajstić information content (AvgIpc) is 2.50. The molecule has 118 valence electrons. The molecule has 1 aliphatic carbocycles. The first kappa shape index (κ1) is 16.5. The molecule has 1 N–H and O–H groups in total. The van der Waals surface area contributed by atoms with Gasteiger partial charge < -0.3 is 10.1 Å². The Morgan fingerprint density at radius 3 is 2.57 bits per heavy atom. The Kier molecular flexibility index (Phi) is 7.83. The van der Waals surface area contributed by atoms with Crippen molar-refractivity contribution in [2.45, 2.75) is 70.4 Å². The van der Waals surface area contributed by atoms with E-state index in [1.807, 2.05) is 0 Å². The molecule has 1 aliphatic rings. The van der Waals surface area contributed by atoms with Crippen molar-refractivity contribution in [1.82, 2.24) is 5.32 Å². The van der Waals surface area contributed by atoms with E-state index in [1.165, 1.54) is 44.1 Å². The van der Waals surface area contributed by atoms with Crippen LogP contribution in [-0.4, -0.2) is 25.3 Å². The minimum atomic E-state index is 0.418. The van der Waals surface area contributed by atoms with E-state index in [9.17, 15) is 0 Å². The average molecular weight is 289 g/mol. The van der Waals surface area contributed by atoms with Crippen molar-refractivity contribution in [3.8, 4) is 0 Å². The number of benzene rings is 1. The standard InChI is InChI=1S/C19H31NO/c1-2-20-18-14-8-3-4-9-15-19(18)21-16-10-13-17-11-6-5-7-12-17/h5-7,11-12,18-20H,2-4,8-10,13-16H2,1H3. The van der Waals surface area contributed by atoms with Gasteiger partial charge in [-0.1, -0.05) is 62.9 Å². The Balaban J connectivity index is 1.72. The molecular formula is C19H31NO. The summed E-state index contributed by atoms with van der Waals surface area (Å²) in [5, 5.41) is 3.64. The zero-order valence-electron chi connectivity index (χ0n) is 13.5. The maximum Gasteiger partial charge on any atom is 0.0728 e. The number of rotatable bonds is 7. The van der Waals surface area contributed by atoms with Crippen LogP contribution < -0.4 is 5.32 Å². The van der Waals surface area contributed by atoms with Crippen LogP contribution in [0.25, 0.3) is 0 Å². The highest BCUT2D eigenvalue weighted by Gasteiger charge is 2.22. The summed E-state index contributed by atoms with van der Waals surface area (Å²) in [4.78, 5) is 0. The Bertz CT molecular complexity index is 365. The third kappa shape index (κ3) is 6.19. The first-order chi connectivity index (χ1) is 10.4. The minimum Gasteiger partial charge on any atom is -0.377 e. The molecule has 2 heteroatoms. The molecule has 2 rings (SSSR count). The summed E-state index contributed by atoms with van der Waals surface area (Å²) < 4.78 is 6.24. The third-order valence-corrected chi connectivity index (χ3v) is 4.45. The number of ether oxygens (including phenoxy) is 1. The van der Waals surface area contributed by atoms with E-state index in [0.717, 1.165) is 26.0 Å². The van der Waals surface area contributed by atoms with E-state index in [4.69, 9.17) is 4.74 Å². The molecule has 1 fully saturated rings. The van der Waals surface area contributed by atoms with Gasteiger partial charge >= 0.3 is 0 Å². The summed E-state index contributed by atoms with van der Waals surface area (Å²) >= 11 is 0. The van der Waals surface area contributed by atoms with Gasteiger partial charge in [-0.3, -0.25) is 0 Å². The number of likely N-dealkylation sites (N-methyl/N-ethyl adjacent to an activating group) is 1. The summed E-state index contributed by atoms with van der Waals surface area (Å²) in [6.45, 7) is 4.14. The van der Waals surface area contributed by atoms with Crippen LogP contribution in [0, 0.1) is 0 Å². The summed E-state index contributed by atoms with van der Waals surface area (Å²) in [5.41, 5.74) is 1.42. The second kappa shape index (κ2) is 9.97. The van der Waals surface area contributed by atoms with E-state index in [-0.39, 0.29) is 0 Å². The first-order valence-corrected chi connectivity index (χ1v) is 8.79. The van der Waals surface area contributed by atoms with Gasteiger partial charge in [0.15, 0.2) is 0 Å². The van der Waals surface area contributed by atoms with E-state index in [2.05, 4.69) is 42.6 Å². The molecule has 1 saturated carbocycles. The van der Waals surface area contributed by atoms with Crippen LogP contribution in [0.3, 0.4) is 0 Å². The quantitative estimate of drug-likeness (QED) is 0.754. The second-order valence-corrected chi connectivity index (χ2v) is 6.15. The van der Waals surface area contributed by atoms with Gasteiger partial charge in [0.05, 0.1) is 6.10 Å². The van der Waals surface area contributed by atoms with Crippen molar-refractivity contribution >= 4 is 0 Å². The predicted molar refractivity (Wildman–Crippen MR) is 89.7 cm³/mol. The molecule has 0 spiro atoms. The Hall–Kier alpha value is -0.860. The molecule has 1 aromatic carbocycles. The molecule has 0 radical (unpaired) electrons. The predicted octanol–water partition coefficient (Wildman–Crippen LogP) is 4.34. The van der Waals surface area contributed by atoms with Gasteiger partial charge in [0.1, 0.15) is 0 Å². The molecular weight excluding hydrogens is 258 g/mol. The molecule has 0 heterocycles. The van der Waals surface area contributed by atoms with Crippen molar-refractivity contribution < 1.29 is 4.74 Å². The minimum absolute atomic E-state index is 0.418. The fourth-order valence-electron chi connectivity index (χ4n) is 3.30. The van der Waals surface area contributed by atoms with Crippen molar-refractivity contribution in [3.05, 3.63) is 35.9 Å². The summed E-state index contributed by atoms with van der Waals surface area (Å²) in [7, 11) is 0. The molecule has 0 aliphatic heterocycles. The van der Waals surface area contributed by atoms with Crippen LogP contribution in [-0.2, 0) is 11.2 Å². The van der Waals surface area contributed by atoms with E-state index >= 15 is 0 Å². The maximum atomic E-state index is 6.24. The van der Waals surface area contributed by atoms with Crippen LogP contribution in [0.4, 0.5) is 0 Å². The van der Waals surface area contributed by atoms with Crippen molar-refractivity contribution in [3.63, 3.8) is 0 Å². The van der Waals surface area contributed by atoms with Crippen LogP contribution in [0.15, 0.2) is 30.3 Å². The molecule has 2 nitrogen and oxygen atoms in total. The number of hydrogen-bond donors (Lipinski definition) is 1. The number of aryl methyl sites for hydroxylation is 1. The van der Waals surface area contributed by atoms with Crippen LogP contribution >= 0.6 is 0 Å². The fourth-order valence-corrected chi connectivity index (χ4v) is 3.30. The molecule has 0 aromatic heterocycles. The molecule has 2 atom stereocenters. The zero-order chi connectivity index (χ0) is 14.8. The van der Waals surface area contributed by atoms with Gasteiger partial charge in [-0.25, -0.2) is 0 Å². The van der Waals surface area contributed by atoms with Gasteiger partial charge in [0.2, 0.25) is 0 Å². The van der Waals surface area contributed by atoms with Crippen LogP contribution in [0.2, 0.25) is 0 Å². The highest BCUT2D eigenvalue weighted by molar-refractivity contribution is 5.14. The lowest BCUT2D eigenvalue weighted by atomic mass is 9.94. The lowest BCUT2D eigenvalue weighted by molar-refractivity contribution is 0.0127. The van der Waals surface area contributed by atoms with Crippen LogP contribution in [0.5, 0.6) is 0 Å². The maximum absolute atomic E-state index is 6.24. The summed E-state index contributed by atoms with van der Waals surface area (Å²) in [5.74, 6) is 0. The molecule has 1 aromatic rings. The zero-order valence-corrected chi connectivity index (χ0v) is 13.5. The molecule has 21 heavy (non-hydrogen) atoms. The molecule has 2 unspecified atom stereocenters. The third-order valence-electron chi connectivity index (χ3n) is 4.45. The van der Waals surface area contributed by atoms with Gasteiger partial charge in [-0.05, 0) is 37.8 Å². The molecule has 0 bridgehead atoms. The lowest BCUT2D eigenvalue weighted by Gasteiger charge is -2.30. The van der Waals surface area contributed by atoms with E-state index in [1.54, 1.807) is 0 Å². The number of nitrogens with one attached hydrogen (secondary N) is 1. The topological polar surface area (TPSA) is 21.3 Å². The fraction of sp³-hybridized carbons (Fsp3) is 0.684. The van der Waals surface area contributed by atoms with Gasteiger partial charge in [0.25, 0.3) is 0 Å². The Labute approximate surface area is 130 Å². The van der Waals surface area contributed by atoms with Crippen molar-refractivity contribution in [2.75, 3.05) is 13.2 Å². The summed E-state index contributed by atoms with van der Waals surface area (Å²) in [6.07, 6.45) is 10.6. The second-order valence-electron chi connectivity index (χ2n) is 6.15. The van der Waals surface area contributed by atoms with Crippen molar-refractivity contribution in [2.24, 2.45) is 0 Å². The first-order valence-electron chi connectivity index (χ1n) is 8.79. The highest BCUT2D eigenvalue weighted by Crippen LogP contribution is 2.20. The van der Waals surface area contributed by atoms with Crippen molar-refractivity contribution in [1.29, 1.82) is 0 Å². The SMILES string of the molecule is CCNC1CCCCCCC1OCCCc1ccccc1. The van der Waals surface area contributed by atoms with E-state index < -0.39 is 0 Å². The summed E-state index contributed by atoms with van der Waals surface area (Å²) in [6, 6.07) is 11.3. The largest absolute Gasteiger partial charge is 0.377 e. The molecule has 0 saturated heterocycles. The van der Waals surface area contributed by atoms with Gasteiger partial charge in [0, 0.05) is 12.6 Å². The normalized spacial score (nSPS) is 23.5. The lowest BCUT2D eigenvalue weighted by Crippen LogP contribution is -2.42. The Morgan fingerprint density at radius 1 is 1.05 bits per heavy atom.